The molecule has 216 valence electrons. The summed E-state index contributed by atoms with van der Waals surface area (Å²) in [6.45, 7) is 15.3. The predicted molar refractivity (Wildman–Crippen MR) is 176 cm³/mol. The Bertz CT molecular complexity index is 1270. The molecule has 4 nitrogen and oxygen atoms in total. The van der Waals surface area contributed by atoms with Crippen molar-refractivity contribution in [3.63, 3.8) is 0 Å². The lowest BCUT2D eigenvalue weighted by atomic mass is 9.70. The van der Waals surface area contributed by atoms with Crippen molar-refractivity contribution in [2.45, 2.75) is 51.5 Å². The van der Waals surface area contributed by atoms with Crippen molar-refractivity contribution < 1.29 is 0 Å². The number of halogens is 3. The highest BCUT2D eigenvalue weighted by Gasteiger charge is 2.47. The maximum Gasteiger partial charge on any atom is 0.137 e. The van der Waals surface area contributed by atoms with Gasteiger partial charge in [0.15, 0.2) is 0 Å². The predicted octanol–water partition coefficient (Wildman–Crippen LogP) is 7.90. The fraction of sp³-hybridized carbons (Fsp3) is 0.364. The van der Waals surface area contributed by atoms with Crippen molar-refractivity contribution in [3.05, 3.63) is 113 Å². The molecule has 0 radical (unpaired) electrons. The van der Waals surface area contributed by atoms with Gasteiger partial charge in [0, 0.05) is 43.1 Å². The van der Waals surface area contributed by atoms with E-state index in [1.807, 2.05) is 0 Å². The second-order valence-electron chi connectivity index (χ2n) is 11.6. The van der Waals surface area contributed by atoms with Crippen molar-refractivity contribution in [1.82, 2.24) is 20.2 Å². The summed E-state index contributed by atoms with van der Waals surface area (Å²) in [5, 5.41) is 3.57. The lowest BCUT2D eigenvalue weighted by Crippen LogP contribution is -2.56. The molecular weight excluding hydrogens is 559 g/mol. The number of aromatic amines is 1. The summed E-state index contributed by atoms with van der Waals surface area (Å²) in [5.41, 5.74) is 6.91. The first-order chi connectivity index (χ1) is 17.8. The minimum absolute atomic E-state index is 0. The lowest BCUT2D eigenvalue weighted by molar-refractivity contribution is 0.0662. The third kappa shape index (κ3) is 6.75. The zero-order valence-corrected chi connectivity index (χ0v) is 26.6. The molecule has 1 fully saturated rings. The average Bonchev–Trinajstić information content (AvgIpc) is 3.38. The van der Waals surface area contributed by atoms with Gasteiger partial charge in [-0.05, 0) is 25.0 Å². The second-order valence-corrected chi connectivity index (χ2v) is 11.6. The van der Waals surface area contributed by atoms with Crippen LogP contribution in [0.2, 0.25) is 0 Å². The van der Waals surface area contributed by atoms with E-state index in [9.17, 15) is 0 Å². The molecule has 1 aliphatic heterocycles. The van der Waals surface area contributed by atoms with Crippen molar-refractivity contribution in [2.24, 2.45) is 0 Å². The summed E-state index contributed by atoms with van der Waals surface area (Å²) in [5.74, 6) is 1.07. The van der Waals surface area contributed by atoms with Crippen LogP contribution >= 0.6 is 37.2 Å². The van der Waals surface area contributed by atoms with E-state index in [0.29, 0.717) is 0 Å². The van der Waals surface area contributed by atoms with Gasteiger partial charge in [0.1, 0.15) is 5.82 Å². The Morgan fingerprint density at radius 3 is 1.70 bits per heavy atom. The standard InChI is InChI=1S/C33H40N4.3ClH/c1-24-16-18-27(19-17-24)31-35-29(32(2,3)4)30(36-31)33(5,37-22-20-34-21-23-37)28(25-12-8-6-9-13-25)26-14-10-7-11-15-26;;;/h6-19,28,34H,20-23H2,1-5H3,(H,35,36);3*1H. The molecule has 0 aliphatic carbocycles. The van der Waals surface area contributed by atoms with Crippen LogP contribution in [-0.2, 0) is 11.0 Å². The molecule has 0 spiro atoms. The van der Waals surface area contributed by atoms with Gasteiger partial charge >= 0.3 is 0 Å². The van der Waals surface area contributed by atoms with E-state index >= 15 is 0 Å². The van der Waals surface area contributed by atoms with Gasteiger partial charge in [-0.2, -0.15) is 0 Å². The van der Waals surface area contributed by atoms with E-state index in [1.165, 1.54) is 22.4 Å². The van der Waals surface area contributed by atoms with E-state index < -0.39 is 0 Å². The Morgan fingerprint density at radius 2 is 1.23 bits per heavy atom. The molecule has 1 atom stereocenters. The summed E-state index contributed by atoms with van der Waals surface area (Å²) in [6, 6.07) is 30.7. The van der Waals surface area contributed by atoms with Crippen LogP contribution in [0.5, 0.6) is 0 Å². The number of imidazole rings is 1. The number of piperazine rings is 1. The third-order valence-electron chi connectivity index (χ3n) is 7.85. The molecule has 1 aliphatic rings. The van der Waals surface area contributed by atoms with Gasteiger partial charge in [-0.1, -0.05) is 111 Å². The lowest BCUT2D eigenvalue weighted by Gasteiger charge is -2.49. The Hall–Kier alpha value is -2.34. The van der Waals surface area contributed by atoms with Crippen molar-refractivity contribution in [1.29, 1.82) is 0 Å². The number of H-pyrrole nitrogens is 1. The molecule has 2 N–H and O–H groups in total. The highest BCUT2D eigenvalue weighted by molar-refractivity contribution is 5.86. The van der Waals surface area contributed by atoms with Gasteiger partial charge in [0.05, 0.1) is 16.9 Å². The van der Waals surface area contributed by atoms with E-state index in [4.69, 9.17) is 4.98 Å². The quantitative estimate of drug-likeness (QED) is 0.236. The van der Waals surface area contributed by atoms with Crippen molar-refractivity contribution in [2.75, 3.05) is 26.2 Å². The smallest absolute Gasteiger partial charge is 0.137 e. The van der Waals surface area contributed by atoms with Crippen LogP contribution in [0.25, 0.3) is 11.4 Å². The van der Waals surface area contributed by atoms with Crippen LogP contribution in [0, 0.1) is 6.92 Å². The number of hydrogen-bond donors (Lipinski definition) is 2. The van der Waals surface area contributed by atoms with E-state index in [0.717, 1.165) is 43.3 Å². The summed E-state index contributed by atoms with van der Waals surface area (Å²) >= 11 is 0. The molecule has 0 saturated carbocycles. The molecule has 0 amide bonds. The third-order valence-corrected chi connectivity index (χ3v) is 7.85. The summed E-state index contributed by atoms with van der Waals surface area (Å²) in [6.07, 6.45) is 0. The van der Waals surface area contributed by atoms with Gasteiger partial charge in [-0.3, -0.25) is 4.90 Å². The van der Waals surface area contributed by atoms with Gasteiger partial charge in [0.25, 0.3) is 0 Å². The van der Waals surface area contributed by atoms with Crippen LogP contribution in [-0.4, -0.2) is 41.0 Å². The highest BCUT2D eigenvalue weighted by atomic mass is 35.5. The fourth-order valence-corrected chi connectivity index (χ4v) is 5.88. The van der Waals surface area contributed by atoms with Crippen LogP contribution in [0.4, 0.5) is 0 Å². The molecule has 7 heteroatoms. The van der Waals surface area contributed by atoms with Gasteiger partial charge < -0.3 is 10.3 Å². The molecule has 1 saturated heterocycles. The van der Waals surface area contributed by atoms with Gasteiger partial charge in [0.2, 0.25) is 0 Å². The largest absolute Gasteiger partial charge is 0.340 e. The molecule has 40 heavy (non-hydrogen) atoms. The molecular formula is C33H43Cl3N4. The highest BCUT2D eigenvalue weighted by Crippen LogP contribution is 2.48. The first-order valence-electron chi connectivity index (χ1n) is 13.5. The Morgan fingerprint density at radius 1 is 0.725 bits per heavy atom. The topological polar surface area (TPSA) is 44.0 Å². The molecule has 2 heterocycles. The Balaban J connectivity index is 0.00000187. The first-order valence-corrected chi connectivity index (χ1v) is 13.5. The normalized spacial score (nSPS) is 15.3. The van der Waals surface area contributed by atoms with Gasteiger partial charge in [-0.25, -0.2) is 4.98 Å². The van der Waals surface area contributed by atoms with Gasteiger partial charge in [-0.15, -0.1) is 37.2 Å². The molecule has 1 aromatic heterocycles. The van der Waals surface area contributed by atoms with Crippen LogP contribution in [0.3, 0.4) is 0 Å². The summed E-state index contributed by atoms with van der Waals surface area (Å²) in [7, 11) is 0. The van der Waals surface area contributed by atoms with E-state index in [2.05, 4.69) is 135 Å². The number of benzene rings is 3. The number of hydrogen-bond acceptors (Lipinski definition) is 3. The maximum absolute atomic E-state index is 5.31. The van der Waals surface area contributed by atoms with E-state index in [1.54, 1.807) is 0 Å². The van der Waals surface area contributed by atoms with Crippen LogP contribution in [0.15, 0.2) is 84.9 Å². The molecule has 1 unspecified atom stereocenters. The zero-order valence-electron chi connectivity index (χ0n) is 24.1. The summed E-state index contributed by atoms with van der Waals surface area (Å²) in [4.78, 5) is 11.9. The van der Waals surface area contributed by atoms with Crippen LogP contribution < -0.4 is 5.32 Å². The number of nitrogens with zero attached hydrogens (tertiary/aromatic N) is 2. The maximum atomic E-state index is 5.31. The average molecular weight is 602 g/mol. The zero-order chi connectivity index (χ0) is 26.0. The Kier molecular flexibility index (Phi) is 11.9. The monoisotopic (exact) mass is 600 g/mol. The first kappa shape index (κ1) is 33.9. The molecule has 5 rings (SSSR count). The van der Waals surface area contributed by atoms with Crippen molar-refractivity contribution in [3.8, 4) is 11.4 Å². The molecule has 0 bridgehead atoms. The van der Waals surface area contributed by atoms with E-state index in [-0.39, 0.29) is 54.1 Å². The number of nitrogens with one attached hydrogen (secondary N) is 2. The van der Waals surface area contributed by atoms with Crippen LogP contribution in [0.1, 0.15) is 61.7 Å². The number of aryl methyl sites for hydroxylation is 1. The SMILES string of the molecule is Cc1ccc(-c2nc(C(C)(C)C)c(C(C)(C(c3ccccc3)c3ccccc3)N3CCNCC3)[nH]2)cc1.Cl.Cl.Cl. The number of rotatable bonds is 6. The minimum atomic E-state index is -0.344. The summed E-state index contributed by atoms with van der Waals surface area (Å²) < 4.78 is 0. The molecule has 3 aromatic carbocycles. The fourth-order valence-electron chi connectivity index (χ4n) is 5.88. The second kappa shape index (κ2) is 14.0. The number of aromatic nitrogens is 2. The Labute approximate surface area is 258 Å². The van der Waals surface area contributed by atoms with Crippen molar-refractivity contribution >= 4 is 37.2 Å². The molecule has 4 aromatic rings. The minimum Gasteiger partial charge on any atom is -0.340 e.